The Hall–Kier alpha value is -0.880. The van der Waals surface area contributed by atoms with Crippen LogP contribution in [0.5, 0.6) is 0 Å². The number of carbonyl (C=O) groups is 1. The van der Waals surface area contributed by atoms with Gasteiger partial charge in [-0.25, -0.2) is 8.42 Å². The summed E-state index contributed by atoms with van der Waals surface area (Å²) in [5, 5.41) is 3.41. The summed E-state index contributed by atoms with van der Waals surface area (Å²) in [4.78, 5) is 12.6. The highest BCUT2D eigenvalue weighted by atomic mass is 32.2. The van der Waals surface area contributed by atoms with E-state index in [1.807, 2.05) is 6.92 Å². The van der Waals surface area contributed by atoms with E-state index in [1.54, 1.807) is 0 Å². The van der Waals surface area contributed by atoms with Crippen molar-refractivity contribution in [2.24, 2.45) is 23.2 Å². The van der Waals surface area contributed by atoms with Gasteiger partial charge in [-0.3, -0.25) is 4.79 Å². The number of allylic oxidation sites excluding steroid dienone is 1. The predicted molar refractivity (Wildman–Crippen MR) is 100 cm³/mol. The van der Waals surface area contributed by atoms with Gasteiger partial charge in [0.05, 0.1) is 17.4 Å². The molecule has 2 saturated heterocycles. The van der Waals surface area contributed by atoms with Crippen LogP contribution in [0.1, 0.15) is 52.4 Å². The van der Waals surface area contributed by atoms with E-state index in [4.69, 9.17) is 4.74 Å². The zero-order valence-corrected chi connectivity index (χ0v) is 16.7. The zero-order chi connectivity index (χ0) is 18.7. The van der Waals surface area contributed by atoms with Crippen LogP contribution in [0, 0.1) is 23.2 Å². The van der Waals surface area contributed by atoms with Crippen molar-refractivity contribution in [3.63, 3.8) is 0 Å². The second kappa shape index (κ2) is 6.06. The molecule has 2 heterocycles. The van der Waals surface area contributed by atoms with Crippen LogP contribution in [0.25, 0.3) is 0 Å². The third kappa shape index (κ3) is 3.13. The van der Waals surface area contributed by atoms with Crippen molar-refractivity contribution >= 4 is 15.8 Å². The largest absolute Gasteiger partial charge is 0.462 e. The molecule has 2 aliphatic heterocycles. The fraction of sp³-hybridized carbons (Fsp3) is 0.850. The number of ether oxygens (including phenoxy) is 1. The molecule has 4 fully saturated rings. The number of nitrogens with one attached hydrogen (secondary N) is 1. The molecule has 6 heteroatoms. The molecule has 4 rings (SSSR count). The first-order chi connectivity index (χ1) is 12.1. The lowest BCUT2D eigenvalue weighted by Crippen LogP contribution is -2.49. The maximum absolute atomic E-state index is 12.6. The zero-order valence-electron chi connectivity index (χ0n) is 15.9. The number of hydrogen-bond acceptors (Lipinski definition) is 5. The highest BCUT2D eigenvalue weighted by Crippen LogP contribution is 2.56. The molecule has 146 valence electrons. The molecule has 0 aromatic heterocycles. The van der Waals surface area contributed by atoms with Crippen molar-refractivity contribution < 1.29 is 17.9 Å². The first-order valence-electron chi connectivity index (χ1n) is 9.95. The number of esters is 1. The molecular weight excluding hydrogens is 350 g/mol. The molecule has 0 aromatic carbocycles. The smallest absolute Gasteiger partial charge is 0.310 e. The molecule has 5 nitrogen and oxygen atoms in total. The fourth-order valence-electron chi connectivity index (χ4n) is 6.00. The minimum Gasteiger partial charge on any atom is -0.462 e. The minimum atomic E-state index is -2.96. The highest BCUT2D eigenvalue weighted by Gasteiger charge is 2.55. The van der Waals surface area contributed by atoms with Crippen LogP contribution in [0.2, 0.25) is 0 Å². The third-order valence-corrected chi connectivity index (χ3v) is 9.48. The molecule has 6 atom stereocenters. The van der Waals surface area contributed by atoms with Gasteiger partial charge in [-0.15, -0.1) is 0 Å². The molecule has 26 heavy (non-hydrogen) atoms. The third-order valence-electron chi connectivity index (χ3n) is 7.57. The molecule has 1 N–H and O–H groups in total. The number of hydrogen-bond donors (Lipinski definition) is 1. The Morgan fingerprint density at radius 1 is 1.31 bits per heavy atom. The van der Waals surface area contributed by atoms with Crippen LogP contribution < -0.4 is 5.32 Å². The van der Waals surface area contributed by atoms with Crippen LogP contribution in [0.15, 0.2) is 12.2 Å². The molecule has 4 aliphatic rings. The summed E-state index contributed by atoms with van der Waals surface area (Å²) in [5.41, 5.74) is 1.14. The standard InChI is InChI=1S/C20H31NO4S/c1-13-5-4-6-19(2)10-17-14(9-16(13)19)15(18(22)25-17)11-21-20(3)7-8-26(23,24)12-20/h14-17,21H,1,4-12H2,2-3H3/t14-,15+,16+,17-,19+,20+/m0/s1. The molecule has 0 radical (unpaired) electrons. The summed E-state index contributed by atoms with van der Waals surface area (Å²) >= 11 is 0. The highest BCUT2D eigenvalue weighted by molar-refractivity contribution is 7.91. The lowest BCUT2D eigenvalue weighted by atomic mass is 9.55. The van der Waals surface area contributed by atoms with Crippen molar-refractivity contribution in [1.29, 1.82) is 0 Å². The van der Waals surface area contributed by atoms with E-state index in [0.29, 0.717) is 18.9 Å². The van der Waals surface area contributed by atoms with Gasteiger partial charge >= 0.3 is 5.97 Å². The summed E-state index contributed by atoms with van der Waals surface area (Å²) in [6.45, 7) is 9.14. The first kappa shape index (κ1) is 18.5. The summed E-state index contributed by atoms with van der Waals surface area (Å²) in [6, 6.07) is 0. The van der Waals surface area contributed by atoms with E-state index < -0.39 is 15.4 Å². The molecule has 2 aliphatic carbocycles. The van der Waals surface area contributed by atoms with E-state index in [0.717, 1.165) is 19.3 Å². The lowest BCUT2D eigenvalue weighted by Gasteiger charge is -2.50. The van der Waals surface area contributed by atoms with Crippen LogP contribution in [-0.4, -0.2) is 44.1 Å². The Morgan fingerprint density at radius 3 is 2.77 bits per heavy atom. The van der Waals surface area contributed by atoms with Crippen LogP contribution in [0.3, 0.4) is 0 Å². The Bertz CT molecular complexity index is 732. The van der Waals surface area contributed by atoms with Crippen molar-refractivity contribution in [1.82, 2.24) is 5.32 Å². The molecule has 0 spiro atoms. The topological polar surface area (TPSA) is 72.5 Å². The maximum atomic E-state index is 12.6. The van der Waals surface area contributed by atoms with Gasteiger partial charge in [0.25, 0.3) is 0 Å². The second-order valence-electron chi connectivity index (χ2n) is 9.69. The normalized spacial score (nSPS) is 47.3. The SMILES string of the molecule is C=C1CCC[C@]2(C)C[C@@H]3OC(=O)[C@H](CN[C@]4(C)CCS(=O)(=O)C4)[C@@H]3C[C@H]12. The average molecular weight is 382 g/mol. The van der Waals surface area contributed by atoms with Crippen LogP contribution in [-0.2, 0) is 19.4 Å². The maximum Gasteiger partial charge on any atom is 0.310 e. The van der Waals surface area contributed by atoms with Gasteiger partial charge in [0.1, 0.15) is 6.10 Å². The number of fused-ring (bicyclic) bond motifs is 2. The fourth-order valence-corrected chi connectivity index (χ4v) is 8.12. The Kier molecular flexibility index (Phi) is 4.31. The molecule has 2 saturated carbocycles. The summed E-state index contributed by atoms with van der Waals surface area (Å²) in [5.74, 6) is 0.830. The summed E-state index contributed by atoms with van der Waals surface area (Å²) in [7, 11) is -2.96. The second-order valence-corrected chi connectivity index (χ2v) is 11.9. The molecule has 0 bridgehead atoms. The van der Waals surface area contributed by atoms with Gasteiger partial charge in [0.2, 0.25) is 0 Å². The monoisotopic (exact) mass is 381 g/mol. The quantitative estimate of drug-likeness (QED) is 0.601. The van der Waals surface area contributed by atoms with Gasteiger partial charge in [-0.05, 0) is 56.8 Å². The van der Waals surface area contributed by atoms with Gasteiger partial charge in [0, 0.05) is 18.0 Å². The lowest BCUT2D eigenvalue weighted by molar-refractivity contribution is -0.146. The predicted octanol–water partition coefficient (Wildman–Crippen LogP) is 2.47. The number of carbonyl (C=O) groups excluding carboxylic acids is 1. The molecular formula is C20H31NO4S. The summed E-state index contributed by atoms with van der Waals surface area (Å²) < 4.78 is 29.4. The van der Waals surface area contributed by atoms with Crippen molar-refractivity contribution in [3.8, 4) is 0 Å². The van der Waals surface area contributed by atoms with E-state index in [2.05, 4.69) is 18.8 Å². The van der Waals surface area contributed by atoms with Gasteiger partial charge in [-0.1, -0.05) is 19.1 Å². The van der Waals surface area contributed by atoms with Crippen molar-refractivity contribution in [3.05, 3.63) is 12.2 Å². The van der Waals surface area contributed by atoms with Gasteiger partial charge in [-0.2, -0.15) is 0 Å². The van der Waals surface area contributed by atoms with Crippen molar-refractivity contribution in [2.75, 3.05) is 18.1 Å². The molecule has 0 aromatic rings. The van der Waals surface area contributed by atoms with E-state index in [-0.39, 0.29) is 40.8 Å². The van der Waals surface area contributed by atoms with Gasteiger partial charge < -0.3 is 10.1 Å². The Labute approximate surface area is 156 Å². The Balaban J connectivity index is 1.47. The Morgan fingerprint density at radius 2 is 2.08 bits per heavy atom. The van der Waals surface area contributed by atoms with Crippen LogP contribution >= 0.6 is 0 Å². The number of rotatable bonds is 3. The first-order valence-corrected chi connectivity index (χ1v) is 11.8. The van der Waals surface area contributed by atoms with Crippen molar-refractivity contribution in [2.45, 2.75) is 64.0 Å². The van der Waals surface area contributed by atoms with E-state index >= 15 is 0 Å². The number of sulfone groups is 1. The molecule has 0 amide bonds. The minimum absolute atomic E-state index is 0.0153. The van der Waals surface area contributed by atoms with E-state index in [1.165, 1.54) is 18.4 Å². The molecule has 0 unspecified atom stereocenters. The van der Waals surface area contributed by atoms with E-state index in [9.17, 15) is 13.2 Å². The van der Waals surface area contributed by atoms with Gasteiger partial charge in [0.15, 0.2) is 9.84 Å². The average Bonchev–Trinajstić information content (AvgIpc) is 2.98. The van der Waals surface area contributed by atoms with Crippen LogP contribution in [0.4, 0.5) is 0 Å². The summed E-state index contributed by atoms with van der Waals surface area (Å²) in [6.07, 6.45) is 6.03.